The molecule has 0 fully saturated rings. The third-order valence-corrected chi connectivity index (χ3v) is 5.05. The average molecular weight is 366 g/mol. The van der Waals surface area contributed by atoms with Crippen molar-refractivity contribution in [2.45, 2.75) is 45.8 Å². The Hall–Kier alpha value is -2.66. The van der Waals surface area contributed by atoms with E-state index in [2.05, 4.69) is 22.8 Å². The molecule has 4 N–H and O–H groups in total. The predicted octanol–water partition coefficient (Wildman–Crippen LogP) is 1.76. The summed E-state index contributed by atoms with van der Waals surface area (Å²) in [4.78, 5) is 25.6. The van der Waals surface area contributed by atoms with Gasteiger partial charge in [0, 0.05) is 17.7 Å². The van der Waals surface area contributed by atoms with E-state index in [1.165, 1.54) is 11.1 Å². The molecule has 142 valence electrons. The summed E-state index contributed by atoms with van der Waals surface area (Å²) in [5.41, 5.74) is 4.32. The Kier molecular flexibility index (Phi) is 5.91. The van der Waals surface area contributed by atoms with Crippen LogP contribution in [0.3, 0.4) is 0 Å². The number of carbonyl (C=O) groups is 2. The summed E-state index contributed by atoms with van der Waals surface area (Å²) >= 11 is 0. The number of hydrogen-bond acceptors (Lipinski definition) is 2. The van der Waals surface area contributed by atoms with Crippen LogP contribution in [0.25, 0.3) is 0 Å². The van der Waals surface area contributed by atoms with E-state index in [-0.39, 0.29) is 23.8 Å². The second-order valence-electron chi connectivity index (χ2n) is 7.61. The summed E-state index contributed by atoms with van der Waals surface area (Å²) in [6.45, 7) is 6.66. The van der Waals surface area contributed by atoms with E-state index in [0.717, 1.165) is 17.8 Å². The number of benzene rings is 2. The van der Waals surface area contributed by atoms with Crippen LogP contribution in [0.5, 0.6) is 0 Å². The molecule has 5 nitrogen and oxygen atoms in total. The monoisotopic (exact) mass is 366 g/mol. The predicted molar refractivity (Wildman–Crippen MR) is 106 cm³/mol. The van der Waals surface area contributed by atoms with Crippen molar-refractivity contribution in [3.63, 3.8) is 0 Å². The molecule has 2 aromatic rings. The van der Waals surface area contributed by atoms with Gasteiger partial charge in [-0.05, 0) is 36.1 Å². The van der Waals surface area contributed by atoms with Crippen molar-refractivity contribution in [1.82, 2.24) is 5.32 Å². The highest BCUT2D eigenvalue weighted by molar-refractivity contribution is 5.98. The molecule has 0 unspecified atom stereocenters. The fourth-order valence-corrected chi connectivity index (χ4v) is 3.48. The number of amides is 2. The number of aryl methyl sites for hydroxylation is 1. The smallest absolute Gasteiger partial charge is 0.279 e. The Morgan fingerprint density at radius 3 is 2.52 bits per heavy atom. The van der Waals surface area contributed by atoms with Crippen LogP contribution in [-0.2, 0) is 22.6 Å². The van der Waals surface area contributed by atoms with Crippen LogP contribution in [0.1, 0.15) is 30.5 Å². The summed E-state index contributed by atoms with van der Waals surface area (Å²) in [7, 11) is 0. The molecule has 1 heterocycles. The summed E-state index contributed by atoms with van der Waals surface area (Å²) in [5, 5.41) is 7.94. The van der Waals surface area contributed by atoms with Gasteiger partial charge < -0.3 is 16.0 Å². The van der Waals surface area contributed by atoms with Crippen molar-refractivity contribution < 1.29 is 14.9 Å². The molecular weight excluding hydrogens is 338 g/mol. The van der Waals surface area contributed by atoms with E-state index in [0.29, 0.717) is 6.42 Å². The molecule has 0 aliphatic carbocycles. The Morgan fingerprint density at radius 2 is 1.81 bits per heavy atom. The second-order valence-corrected chi connectivity index (χ2v) is 7.61. The topological polar surface area (TPSA) is 74.8 Å². The average Bonchev–Trinajstić information content (AvgIpc) is 2.65. The highest BCUT2D eigenvalue weighted by Crippen LogP contribution is 2.14. The van der Waals surface area contributed by atoms with Gasteiger partial charge >= 0.3 is 0 Å². The Labute approximate surface area is 160 Å². The molecule has 2 atom stereocenters. The van der Waals surface area contributed by atoms with Gasteiger partial charge in [0.1, 0.15) is 12.6 Å². The molecule has 0 saturated carbocycles. The lowest BCUT2D eigenvalue weighted by molar-refractivity contribution is -0.695. The van der Waals surface area contributed by atoms with Crippen LogP contribution in [0.4, 0.5) is 5.69 Å². The maximum atomic E-state index is 12.8. The molecule has 0 saturated heterocycles. The Balaban J connectivity index is 1.65. The van der Waals surface area contributed by atoms with E-state index in [4.69, 9.17) is 0 Å². The molecule has 0 bridgehead atoms. The van der Waals surface area contributed by atoms with Crippen LogP contribution >= 0.6 is 0 Å². The van der Waals surface area contributed by atoms with Crippen LogP contribution in [0, 0.1) is 12.8 Å². The lowest BCUT2D eigenvalue weighted by Gasteiger charge is -2.26. The van der Waals surface area contributed by atoms with E-state index < -0.39 is 6.04 Å². The van der Waals surface area contributed by atoms with Crippen LogP contribution in [0.15, 0.2) is 48.5 Å². The minimum absolute atomic E-state index is 0.00497. The van der Waals surface area contributed by atoms with Crippen molar-refractivity contribution in [2.75, 3.05) is 5.32 Å². The summed E-state index contributed by atoms with van der Waals surface area (Å²) in [6, 6.07) is 15.1. The fraction of sp³-hybridized carbons (Fsp3) is 0.364. The second kappa shape index (κ2) is 8.35. The molecule has 0 spiro atoms. The molecule has 3 rings (SSSR count). The van der Waals surface area contributed by atoms with Gasteiger partial charge in [-0.25, -0.2) is 0 Å². The van der Waals surface area contributed by atoms with Gasteiger partial charge in [0.15, 0.2) is 6.04 Å². The van der Waals surface area contributed by atoms with Crippen molar-refractivity contribution in [1.29, 1.82) is 0 Å². The zero-order chi connectivity index (χ0) is 19.4. The molecular formula is C22H28N3O2+. The first-order valence-electron chi connectivity index (χ1n) is 9.52. The van der Waals surface area contributed by atoms with Gasteiger partial charge in [0.05, 0.1) is 0 Å². The molecule has 0 aromatic heterocycles. The standard InChI is InChI=1S/C22H27N3O2/c1-14(2)20(22(27)24-18-10-6-7-15(3)11-18)25-21(26)19-12-16-8-4-5-9-17(16)13-23-19/h4-11,14,19-20,23H,12-13H2,1-3H3,(H,24,27)(H,25,26)/p+1/t19-,20-/m0/s1. The van der Waals surface area contributed by atoms with Gasteiger partial charge in [-0.3, -0.25) is 9.59 Å². The first kappa shape index (κ1) is 19.1. The number of hydrogen-bond donors (Lipinski definition) is 3. The van der Waals surface area contributed by atoms with Crippen molar-refractivity contribution in [2.24, 2.45) is 5.92 Å². The van der Waals surface area contributed by atoms with E-state index in [9.17, 15) is 9.59 Å². The zero-order valence-electron chi connectivity index (χ0n) is 16.2. The molecule has 2 aromatic carbocycles. The molecule has 1 aliphatic rings. The summed E-state index contributed by atoms with van der Waals surface area (Å²) in [5.74, 6) is -0.266. The fourth-order valence-electron chi connectivity index (χ4n) is 3.48. The number of fused-ring (bicyclic) bond motifs is 1. The van der Waals surface area contributed by atoms with E-state index >= 15 is 0 Å². The molecule has 0 radical (unpaired) electrons. The Bertz CT molecular complexity index is 832. The van der Waals surface area contributed by atoms with Crippen LogP contribution in [-0.4, -0.2) is 23.9 Å². The zero-order valence-corrected chi connectivity index (χ0v) is 16.2. The molecule has 27 heavy (non-hydrogen) atoms. The summed E-state index contributed by atoms with van der Waals surface area (Å²) in [6.07, 6.45) is 0.687. The lowest BCUT2D eigenvalue weighted by atomic mass is 9.94. The van der Waals surface area contributed by atoms with Gasteiger partial charge in [0.2, 0.25) is 5.91 Å². The maximum Gasteiger partial charge on any atom is 0.279 e. The van der Waals surface area contributed by atoms with Crippen molar-refractivity contribution >= 4 is 17.5 Å². The van der Waals surface area contributed by atoms with E-state index in [1.54, 1.807) is 0 Å². The third-order valence-electron chi connectivity index (χ3n) is 5.05. The lowest BCUT2D eigenvalue weighted by Crippen LogP contribution is -2.93. The highest BCUT2D eigenvalue weighted by Gasteiger charge is 2.32. The minimum Gasteiger partial charge on any atom is -0.339 e. The number of quaternary nitrogens is 1. The van der Waals surface area contributed by atoms with Gasteiger partial charge in [-0.1, -0.05) is 50.2 Å². The number of nitrogens with two attached hydrogens (primary N) is 1. The summed E-state index contributed by atoms with van der Waals surface area (Å²) < 4.78 is 0. The van der Waals surface area contributed by atoms with E-state index in [1.807, 2.05) is 62.5 Å². The number of nitrogens with one attached hydrogen (secondary N) is 2. The number of anilines is 1. The molecule has 1 aliphatic heterocycles. The normalized spacial score (nSPS) is 17.1. The molecule has 2 amide bonds. The first-order valence-corrected chi connectivity index (χ1v) is 9.52. The SMILES string of the molecule is Cc1cccc(NC(=O)[C@@H](NC(=O)[C@@H]2Cc3ccccc3C[NH2+]2)C(C)C)c1. The van der Waals surface area contributed by atoms with Crippen LogP contribution < -0.4 is 16.0 Å². The number of rotatable bonds is 5. The first-order chi connectivity index (χ1) is 12.9. The quantitative estimate of drug-likeness (QED) is 0.754. The van der Waals surface area contributed by atoms with Gasteiger partial charge in [-0.15, -0.1) is 0 Å². The van der Waals surface area contributed by atoms with Crippen LogP contribution in [0.2, 0.25) is 0 Å². The van der Waals surface area contributed by atoms with Crippen molar-refractivity contribution in [3.8, 4) is 0 Å². The molecule has 5 heteroatoms. The highest BCUT2D eigenvalue weighted by atomic mass is 16.2. The third kappa shape index (κ3) is 4.74. The Morgan fingerprint density at radius 1 is 1.07 bits per heavy atom. The minimum atomic E-state index is -0.566. The number of carbonyl (C=O) groups excluding carboxylic acids is 2. The van der Waals surface area contributed by atoms with Gasteiger partial charge in [0.25, 0.3) is 5.91 Å². The van der Waals surface area contributed by atoms with Crippen molar-refractivity contribution in [3.05, 3.63) is 65.2 Å². The maximum absolute atomic E-state index is 12.8. The van der Waals surface area contributed by atoms with Gasteiger partial charge in [-0.2, -0.15) is 0 Å². The largest absolute Gasteiger partial charge is 0.339 e.